The van der Waals surface area contributed by atoms with Crippen LogP contribution in [-0.4, -0.2) is 55.5 Å². The molecule has 1 saturated heterocycles. The van der Waals surface area contributed by atoms with Crippen molar-refractivity contribution < 1.29 is 19.1 Å². The van der Waals surface area contributed by atoms with Gasteiger partial charge < -0.3 is 19.3 Å². The number of likely N-dealkylation sites (tertiary alicyclic amines) is 1. The van der Waals surface area contributed by atoms with E-state index in [1.54, 1.807) is 60.4 Å². The Hall–Kier alpha value is -3.79. The molecular weight excluding hydrogens is 418 g/mol. The molecule has 1 aliphatic rings. The van der Waals surface area contributed by atoms with E-state index >= 15 is 0 Å². The monoisotopic (exact) mass is 447 g/mol. The van der Waals surface area contributed by atoms with E-state index < -0.39 is 0 Å². The van der Waals surface area contributed by atoms with Gasteiger partial charge in [0.1, 0.15) is 11.5 Å². The molecular formula is C26H29N3O4. The summed E-state index contributed by atoms with van der Waals surface area (Å²) in [5.41, 5.74) is 2.06. The summed E-state index contributed by atoms with van der Waals surface area (Å²) in [6, 6.07) is 14.5. The number of nitriles is 1. The minimum Gasteiger partial charge on any atom is -0.497 e. The van der Waals surface area contributed by atoms with E-state index in [1.807, 2.05) is 12.1 Å². The Morgan fingerprint density at radius 2 is 1.73 bits per heavy atom. The molecule has 3 rings (SSSR count). The zero-order valence-corrected chi connectivity index (χ0v) is 19.1. The summed E-state index contributed by atoms with van der Waals surface area (Å²) in [5.74, 6) is 0.941. The van der Waals surface area contributed by atoms with Crippen molar-refractivity contribution in [2.75, 3.05) is 33.9 Å². The second-order valence-corrected chi connectivity index (χ2v) is 7.98. The van der Waals surface area contributed by atoms with Gasteiger partial charge in [0.2, 0.25) is 5.91 Å². The molecule has 2 aromatic rings. The van der Waals surface area contributed by atoms with Crippen molar-refractivity contribution in [1.82, 2.24) is 9.80 Å². The first-order valence-corrected chi connectivity index (χ1v) is 10.9. The van der Waals surface area contributed by atoms with E-state index in [0.29, 0.717) is 61.6 Å². The lowest BCUT2D eigenvalue weighted by atomic mass is 9.94. The minimum atomic E-state index is -0.146. The highest BCUT2D eigenvalue weighted by Gasteiger charge is 2.30. The average molecular weight is 448 g/mol. The second-order valence-electron chi connectivity index (χ2n) is 7.98. The number of carbonyl (C=O) groups is 2. The van der Waals surface area contributed by atoms with Crippen molar-refractivity contribution in [3.63, 3.8) is 0 Å². The molecule has 33 heavy (non-hydrogen) atoms. The zero-order valence-electron chi connectivity index (χ0n) is 19.1. The van der Waals surface area contributed by atoms with Crippen LogP contribution < -0.4 is 9.47 Å². The van der Waals surface area contributed by atoms with Gasteiger partial charge in [0.15, 0.2) is 0 Å². The first kappa shape index (κ1) is 23.9. The fourth-order valence-corrected chi connectivity index (χ4v) is 3.99. The number of hydrogen-bond donors (Lipinski definition) is 0. The molecule has 0 radical (unpaired) electrons. The van der Waals surface area contributed by atoms with Gasteiger partial charge in [-0.05, 0) is 42.7 Å². The van der Waals surface area contributed by atoms with E-state index in [0.717, 1.165) is 5.56 Å². The number of methoxy groups -OCH3 is 2. The summed E-state index contributed by atoms with van der Waals surface area (Å²) >= 11 is 0. The summed E-state index contributed by atoms with van der Waals surface area (Å²) in [6.07, 6.45) is 2.93. The molecule has 2 amide bonds. The van der Waals surface area contributed by atoms with Gasteiger partial charge in [0, 0.05) is 43.7 Å². The summed E-state index contributed by atoms with van der Waals surface area (Å²) < 4.78 is 10.5. The van der Waals surface area contributed by atoms with Crippen LogP contribution >= 0.6 is 0 Å². The van der Waals surface area contributed by atoms with Crippen LogP contribution in [0.1, 0.15) is 34.3 Å². The second kappa shape index (κ2) is 11.2. The summed E-state index contributed by atoms with van der Waals surface area (Å²) in [5, 5.41) is 8.97. The van der Waals surface area contributed by atoms with Crippen molar-refractivity contribution >= 4 is 11.8 Å². The molecule has 1 aliphatic heterocycles. The van der Waals surface area contributed by atoms with Crippen LogP contribution in [0, 0.1) is 17.2 Å². The maximum Gasteiger partial charge on any atom is 0.254 e. The van der Waals surface area contributed by atoms with Gasteiger partial charge in [0.05, 0.1) is 25.9 Å². The van der Waals surface area contributed by atoms with Crippen LogP contribution in [0.25, 0.3) is 0 Å². The normalized spacial score (nSPS) is 13.7. The molecule has 1 fully saturated rings. The van der Waals surface area contributed by atoms with E-state index in [9.17, 15) is 9.59 Å². The first-order valence-electron chi connectivity index (χ1n) is 10.9. The van der Waals surface area contributed by atoms with Gasteiger partial charge in [-0.1, -0.05) is 18.2 Å². The summed E-state index contributed by atoms with van der Waals surface area (Å²) in [4.78, 5) is 29.8. The zero-order chi connectivity index (χ0) is 23.8. The molecule has 0 aliphatic carbocycles. The Bertz CT molecular complexity index is 1010. The van der Waals surface area contributed by atoms with Crippen molar-refractivity contribution in [3.8, 4) is 17.6 Å². The van der Waals surface area contributed by atoms with Crippen LogP contribution in [-0.2, 0) is 11.3 Å². The Morgan fingerprint density at radius 1 is 1.12 bits per heavy atom. The molecule has 0 N–H and O–H groups in total. The predicted molar refractivity (Wildman–Crippen MR) is 125 cm³/mol. The molecule has 0 atom stereocenters. The van der Waals surface area contributed by atoms with Crippen molar-refractivity contribution in [2.24, 2.45) is 5.92 Å². The fraction of sp³-hybridized carbons (Fsp3) is 0.346. The third kappa shape index (κ3) is 5.92. The van der Waals surface area contributed by atoms with Gasteiger partial charge in [-0.15, -0.1) is 6.58 Å². The Kier molecular flexibility index (Phi) is 8.09. The molecule has 0 unspecified atom stereocenters. The smallest absolute Gasteiger partial charge is 0.254 e. The van der Waals surface area contributed by atoms with Gasteiger partial charge >= 0.3 is 0 Å². The lowest BCUT2D eigenvalue weighted by molar-refractivity contribution is -0.137. The van der Waals surface area contributed by atoms with Gasteiger partial charge in [0.25, 0.3) is 5.91 Å². The maximum atomic E-state index is 13.2. The standard InChI is InChI=1S/C26H29N3O4/c1-4-11-29(18-20-7-5-19(17-27)6-8-20)25(30)21-9-12-28(13-10-21)26(31)22-14-23(32-2)16-24(15-22)33-3/h4-8,14-16,21H,1,9-13,18H2,2-3H3. The molecule has 2 aromatic carbocycles. The summed E-state index contributed by atoms with van der Waals surface area (Å²) in [7, 11) is 3.10. The van der Waals surface area contributed by atoms with Gasteiger partial charge in [-0.2, -0.15) is 5.26 Å². The molecule has 0 aromatic heterocycles. The molecule has 172 valence electrons. The molecule has 1 heterocycles. The molecule has 7 heteroatoms. The highest BCUT2D eigenvalue weighted by molar-refractivity contribution is 5.95. The SMILES string of the molecule is C=CCN(Cc1ccc(C#N)cc1)C(=O)C1CCN(C(=O)c2cc(OC)cc(OC)c2)CC1. The number of nitrogens with zero attached hydrogens (tertiary/aromatic N) is 3. The third-order valence-electron chi connectivity index (χ3n) is 5.85. The lowest BCUT2D eigenvalue weighted by Crippen LogP contribution is -2.44. The van der Waals surface area contributed by atoms with E-state index in [-0.39, 0.29) is 17.7 Å². The minimum absolute atomic E-state index is 0.0643. The van der Waals surface area contributed by atoms with Crippen molar-refractivity contribution in [2.45, 2.75) is 19.4 Å². The number of amides is 2. The fourth-order valence-electron chi connectivity index (χ4n) is 3.99. The molecule has 0 bridgehead atoms. The van der Waals surface area contributed by atoms with Crippen LogP contribution in [0.2, 0.25) is 0 Å². The summed E-state index contributed by atoms with van der Waals surface area (Å²) in [6.45, 7) is 5.70. The van der Waals surface area contributed by atoms with Crippen LogP contribution in [0.4, 0.5) is 0 Å². The van der Waals surface area contributed by atoms with Crippen LogP contribution in [0.3, 0.4) is 0 Å². The van der Waals surface area contributed by atoms with Gasteiger partial charge in [-0.25, -0.2) is 0 Å². The molecule has 0 spiro atoms. The number of piperidine rings is 1. The predicted octanol–water partition coefficient (Wildman–Crippen LogP) is 3.64. The molecule has 0 saturated carbocycles. The highest BCUT2D eigenvalue weighted by Crippen LogP contribution is 2.26. The van der Waals surface area contributed by atoms with Crippen molar-refractivity contribution in [3.05, 3.63) is 71.8 Å². The highest BCUT2D eigenvalue weighted by atomic mass is 16.5. The van der Waals surface area contributed by atoms with Gasteiger partial charge in [-0.3, -0.25) is 9.59 Å². The number of hydrogen-bond acceptors (Lipinski definition) is 5. The average Bonchev–Trinajstić information content (AvgIpc) is 2.87. The molecule has 7 nitrogen and oxygen atoms in total. The van der Waals surface area contributed by atoms with Crippen molar-refractivity contribution in [1.29, 1.82) is 5.26 Å². The quantitative estimate of drug-likeness (QED) is 0.577. The van der Waals surface area contributed by atoms with Crippen LogP contribution in [0.15, 0.2) is 55.1 Å². The van der Waals surface area contributed by atoms with Crippen LogP contribution in [0.5, 0.6) is 11.5 Å². The number of rotatable bonds is 8. The van der Waals surface area contributed by atoms with E-state index in [1.165, 1.54) is 0 Å². The topological polar surface area (TPSA) is 82.9 Å². The first-order chi connectivity index (χ1) is 16.0. The van der Waals surface area contributed by atoms with E-state index in [2.05, 4.69) is 12.6 Å². The Labute approximate surface area is 194 Å². The Balaban J connectivity index is 1.63. The third-order valence-corrected chi connectivity index (χ3v) is 5.85. The lowest BCUT2D eigenvalue weighted by Gasteiger charge is -2.34. The number of benzene rings is 2. The maximum absolute atomic E-state index is 13.2. The van der Waals surface area contributed by atoms with E-state index in [4.69, 9.17) is 14.7 Å². The Morgan fingerprint density at radius 3 is 2.24 bits per heavy atom. The number of carbonyl (C=O) groups excluding carboxylic acids is 2. The largest absolute Gasteiger partial charge is 0.497 e. The number of ether oxygens (including phenoxy) is 2.